The van der Waals surface area contributed by atoms with Crippen LogP contribution in [0.5, 0.6) is 23.0 Å². The van der Waals surface area contributed by atoms with Crippen LogP contribution in [0.2, 0.25) is 0 Å². The maximum atomic E-state index is 5.37. The van der Waals surface area contributed by atoms with Gasteiger partial charge in [-0.1, -0.05) is 0 Å². The van der Waals surface area contributed by atoms with E-state index >= 15 is 0 Å². The van der Waals surface area contributed by atoms with Crippen molar-refractivity contribution < 1.29 is 23.7 Å². The van der Waals surface area contributed by atoms with Gasteiger partial charge in [-0.05, 0) is 6.07 Å². The molecule has 1 aliphatic rings. The van der Waals surface area contributed by atoms with Crippen LogP contribution in [0.1, 0.15) is 11.7 Å². The average Bonchev–Trinajstić information content (AvgIpc) is 3.19. The van der Waals surface area contributed by atoms with Gasteiger partial charge in [0.1, 0.15) is 6.10 Å². The molecule has 2 rings (SSSR count). The maximum absolute atomic E-state index is 5.37. The first kappa shape index (κ1) is 11.9. The second-order valence-electron chi connectivity index (χ2n) is 3.59. The smallest absolute Gasteiger partial charge is 0.207 e. The Kier molecular flexibility index (Phi) is 3.28. The molecule has 0 aromatic heterocycles. The number of hydrogen-bond donors (Lipinski definition) is 0. The van der Waals surface area contributed by atoms with Crippen LogP contribution in [0.25, 0.3) is 0 Å². The highest BCUT2D eigenvalue weighted by molar-refractivity contribution is 5.63. The number of ether oxygens (including phenoxy) is 5. The average molecular weight is 240 g/mol. The lowest BCUT2D eigenvalue weighted by atomic mass is 10.1. The number of epoxide rings is 1. The Morgan fingerprint density at radius 2 is 1.53 bits per heavy atom. The normalized spacial score (nSPS) is 17.5. The Labute approximate surface area is 100 Å². The Hall–Kier alpha value is -1.62. The third-order valence-electron chi connectivity index (χ3n) is 2.70. The van der Waals surface area contributed by atoms with Crippen molar-refractivity contribution in [3.8, 4) is 23.0 Å². The molecule has 17 heavy (non-hydrogen) atoms. The first-order valence-corrected chi connectivity index (χ1v) is 5.25. The van der Waals surface area contributed by atoms with Crippen molar-refractivity contribution in [2.24, 2.45) is 0 Å². The van der Waals surface area contributed by atoms with Crippen molar-refractivity contribution in [1.82, 2.24) is 0 Å². The zero-order valence-electron chi connectivity index (χ0n) is 10.4. The fraction of sp³-hybridized carbons (Fsp3) is 0.500. The largest absolute Gasteiger partial charge is 0.493 e. The van der Waals surface area contributed by atoms with Crippen LogP contribution >= 0.6 is 0 Å². The van der Waals surface area contributed by atoms with Crippen LogP contribution in [0, 0.1) is 0 Å². The summed E-state index contributed by atoms with van der Waals surface area (Å²) in [6.45, 7) is 0.689. The third-order valence-corrected chi connectivity index (χ3v) is 2.70. The zero-order chi connectivity index (χ0) is 12.4. The highest BCUT2D eigenvalue weighted by Crippen LogP contribution is 2.50. The minimum atomic E-state index is 0.0543. The van der Waals surface area contributed by atoms with Crippen molar-refractivity contribution in [3.05, 3.63) is 11.6 Å². The molecule has 1 aromatic carbocycles. The van der Waals surface area contributed by atoms with Crippen LogP contribution in [0.3, 0.4) is 0 Å². The number of rotatable bonds is 5. The molecule has 0 N–H and O–H groups in total. The number of methoxy groups -OCH3 is 4. The lowest BCUT2D eigenvalue weighted by Gasteiger charge is -2.17. The van der Waals surface area contributed by atoms with E-state index in [0.29, 0.717) is 29.6 Å². The Morgan fingerprint density at radius 1 is 0.941 bits per heavy atom. The Morgan fingerprint density at radius 3 is 1.94 bits per heavy atom. The van der Waals surface area contributed by atoms with Gasteiger partial charge in [0.15, 0.2) is 11.5 Å². The summed E-state index contributed by atoms with van der Waals surface area (Å²) in [5, 5.41) is 0. The van der Waals surface area contributed by atoms with Gasteiger partial charge in [-0.2, -0.15) is 0 Å². The standard InChI is InChI=1S/C12H16O5/c1-13-8-5-7(9-6-17-9)10(14-2)12(16-4)11(8)15-3/h5,9H,6H2,1-4H3. The summed E-state index contributed by atoms with van der Waals surface area (Å²) in [6, 6.07) is 1.86. The fourth-order valence-corrected chi connectivity index (χ4v) is 1.83. The zero-order valence-corrected chi connectivity index (χ0v) is 10.4. The predicted octanol–water partition coefficient (Wildman–Crippen LogP) is 1.79. The van der Waals surface area contributed by atoms with Crippen molar-refractivity contribution in [2.45, 2.75) is 6.10 Å². The van der Waals surface area contributed by atoms with E-state index in [2.05, 4.69) is 0 Å². The van der Waals surface area contributed by atoms with E-state index in [1.54, 1.807) is 28.4 Å². The molecule has 0 amide bonds. The van der Waals surface area contributed by atoms with Crippen molar-refractivity contribution in [2.75, 3.05) is 35.0 Å². The minimum absolute atomic E-state index is 0.0543. The third kappa shape index (κ3) is 1.98. The van der Waals surface area contributed by atoms with Crippen LogP contribution in [0.15, 0.2) is 6.07 Å². The summed E-state index contributed by atoms with van der Waals surface area (Å²) >= 11 is 0. The van der Waals surface area contributed by atoms with E-state index in [4.69, 9.17) is 23.7 Å². The SMILES string of the molecule is COc1cc(C2CO2)c(OC)c(OC)c1OC. The quantitative estimate of drug-likeness (QED) is 0.734. The first-order valence-electron chi connectivity index (χ1n) is 5.25. The van der Waals surface area contributed by atoms with Crippen LogP contribution in [-0.4, -0.2) is 35.0 Å². The first-order chi connectivity index (χ1) is 8.26. The van der Waals surface area contributed by atoms with E-state index < -0.39 is 0 Å². The van der Waals surface area contributed by atoms with Crippen LogP contribution in [0.4, 0.5) is 0 Å². The fourth-order valence-electron chi connectivity index (χ4n) is 1.83. The Balaban J connectivity index is 2.60. The Bertz CT molecular complexity index is 412. The molecule has 0 bridgehead atoms. The van der Waals surface area contributed by atoms with Gasteiger partial charge < -0.3 is 23.7 Å². The van der Waals surface area contributed by atoms with Gasteiger partial charge in [0, 0.05) is 5.56 Å². The van der Waals surface area contributed by atoms with E-state index in [-0.39, 0.29) is 6.10 Å². The topological polar surface area (TPSA) is 49.5 Å². The van der Waals surface area contributed by atoms with Crippen molar-refractivity contribution >= 4 is 0 Å². The van der Waals surface area contributed by atoms with E-state index in [1.165, 1.54) is 0 Å². The lowest BCUT2D eigenvalue weighted by molar-refractivity contribution is 0.300. The summed E-state index contributed by atoms with van der Waals surface area (Å²) in [5.74, 6) is 2.29. The highest BCUT2D eigenvalue weighted by Gasteiger charge is 2.33. The van der Waals surface area contributed by atoms with Crippen molar-refractivity contribution in [3.63, 3.8) is 0 Å². The molecule has 1 fully saturated rings. The van der Waals surface area contributed by atoms with Gasteiger partial charge in [0.25, 0.3) is 0 Å². The predicted molar refractivity (Wildman–Crippen MR) is 61.3 cm³/mol. The molecule has 1 unspecified atom stereocenters. The molecule has 5 nitrogen and oxygen atoms in total. The van der Waals surface area contributed by atoms with Crippen LogP contribution in [-0.2, 0) is 4.74 Å². The molecule has 1 heterocycles. The molecule has 1 aliphatic heterocycles. The number of benzene rings is 1. The molecule has 1 saturated heterocycles. The molecule has 0 spiro atoms. The number of hydrogen-bond acceptors (Lipinski definition) is 5. The second kappa shape index (κ2) is 4.71. The van der Waals surface area contributed by atoms with Gasteiger partial charge in [0.2, 0.25) is 11.5 Å². The molecular formula is C12H16O5. The van der Waals surface area contributed by atoms with Gasteiger partial charge in [-0.15, -0.1) is 0 Å². The summed E-state index contributed by atoms with van der Waals surface area (Å²) in [7, 11) is 6.31. The minimum Gasteiger partial charge on any atom is -0.493 e. The molecular weight excluding hydrogens is 224 g/mol. The van der Waals surface area contributed by atoms with Gasteiger partial charge in [0.05, 0.1) is 35.0 Å². The van der Waals surface area contributed by atoms with Crippen molar-refractivity contribution in [1.29, 1.82) is 0 Å². The molecule has 0 radical (unpaired) electrons. The monoisotopic (exact) mass is 240 g/mol. The molecule has 5 heteroatoms. The molecule has 1 atom stereocenters. The lowest BCUT2D eigenvalue weighted by Crippen LogP contribution is -2.01. The molecule has 0 saturated carbocycles. The van der Waals surface area contributed by atoms with E-state index in [0.717, 1.165) is 5.56 Å². The summed E-state index contributed by atoms with van der Waals surface area (Å²) in [5.41, 5.74) is 0.919. The van der Waals surface area contributed by atoms with E-state index in [9.17, 15) is 0 Å². The highest BCUT2D eigenvalue weighted by atomic mass is 16.6. The molecule has 94 valence electrons. The molecule has 1 aromatic rings. The van der Waals surface area contributed by atoms with E-state index in [1.807, 2.05) is 6.07 Å². The molecule has 0 aliphatic carbocycles. The second-order valence-corrected chi connectivity index (χ2v) is 3.59. The van der Waals surface area contributed by atoms with Gasteiger partial charge in [-0.3, -0.25) is 0 Å². The summed E-state index contributed by atoms with van der Waals surface area (Å²) in [4.78, 5) is 0. The van der Waals surface area contributed by atoms with Crippen LogP contribution < -0.4 is 18.9 Å². The maximum Gasteiger partial charge on any atom is 0.207 e. The summed E-state index contributed by atoms with van der Waals surface area (Å²) in [6.07, 6.45) is 0.0543. The van der Waals surface area contributed by atoms with Gasteiger partial charge in [-0.25, -0.2) is 0 Å². The summed E-state index contributed by atoms with van der Waals surface area (Å²) < 4.78 is 26.5. The van der Waals surface area contributed by atoms with Gasteiger partial charge >= 0.3 is 0 Å².